The number of aliphatic hydroxyl groups excluding tert-OH is 3. The first-order valence-corrected chi connectivity index (χ1v) is 14.9. The summed E-state index contributed by atoms with van der Waals surface area (Å²) >= 11 is 6.19. The molecule has 4 rings (SSSR count). The summed E-state index contributed by atoms with van der Waals surface area (Å²) < 4.78 is 28.7. The molecule has 4 atom stereocenters. The molecule has 2 aliphatic rings. The van der Waals surface area contributed by atoms with Crippen molar-refractivity contribution in [3.63, 3.8) is 0 Å². The Labute approximate surface area is 255 Å². The summed E-state index contributed by atoms with van der Waals surface area (Å²) in [5.41, 5.74) is 0.354. The fraction of sp³-hybridized carbons (Fsp3) is 0.741. The highest BCUT2D eigenvalue weighted by Gasteiger charge is 2.44. The number of aliphatic hydroxyl groups is 3. The highest BCUT2D eigenvalue weighted by molar-refractivity contribution is 6.28. The molecule has 0 amide bonds. The molecule has 2 aromatic heterocycles. The molecule has 0 aliphatic carbocycles. The lowest BCUT2D eigenvalue weighted by Gasteiger charge is -2.34. The van der Waals surface area contributed by atoms with Crippen molar-refractivity contribution in [3.8, 4) is 12.3 Å². The number of nitrogens with zero attached hydrogens (tertiary/aromatic N) is 6. The van der Waals surface area contributed by atoms with Crippen LogP contribution in [0.5, 0.6) is 0 Å². The number of rotatable bonds is 19. The monoisotopic (exact) mass is 627 g/mol. The molecule has 0 unspecified atom stereocenters. The number of nitrogens with one attached hydrogen (secondary N) is 1. The van der Waals surface area contributed by atoms with Crippen LogP contribution in [0.2, 0.25) is 5.28 Å². The summed E-state index contributed by atoms with van der Waals surface area (Å²) in [7, 11) is 0. The Morgan fingerprint density at radius 1 is 0.930 bits per heavy atom. The minimum absolute atomic E-state index is 0.0123. The Hall–Kier alpha value is -2.20. The van der Waals surface area contributed by atoms with Gasteiger partial charge in [-0.25, -0.2) is 4.68 Å². The minimum atomic E-state index is -1.28. The Bertz CT molecular complexity index is 1150. The van der Waals surface area contributed by atoms with E-state index in [1.54, 1.807) is 6.20 Å². The van der Waals surface area contributed by atoms with E-state index in [1.807, 2.05) is 0 Å². The largest absolute Gasteiger partial charge is 0.394 e. The van der Waals surface area contributed by atoms with Gasteiger partial charge in [0.05, 0.1) is 64.4 Å². The van der Waals surface area contributed by atoms with Crippen molar-refractivity contribution in [2.75, 3.05) is 111 Å². The van der Waals surface area contributed by atoms with E-state index in [9.17, 15) is 15.3 Å². The molecule has 15 nitrogen and oxygen atoms in total. The SMILES string of the molecule is C#CCOCCOCCOCCOCCN1CCN(CCNc2nc(Cl)nc3c2cnn3[C@@H]2O[C@H](CO)[C@@H](O)[C@H]2O)CC1. The highest BCUT2D eigenvalue weighted by atomic mass is 35.5. The van der Waals surface area contributed by atoms with Gasteiger partial charge in [-0.05, 0) is 11.6 Å². The summed E-state index contributed by atoms with van der Waals surface area (Å²) in [6, 6.07) is 0. The molecule has 16 heteroatoms. The van der Waals surface area contributed by atoms with E-state index in [0.717, 1.165) is 39.3 Å². The maximum atomic E-state index is 10.4. The number of fused-ring (bicyclic) bond motifs is 1. The van der Waals surface area contributed by atoms with Crippen LogP contribution in [-0.2, 0) is 23.7 Å². The number of hydrogen-bond donors (Lipinski definition) is 4. The summed E-state index contributed by atoms with van der Waals surface area (Å²) in [4.78, 5) is 13.3. The van der Waals surface area contributed by atoms with Crippen LogP contribution in [0.15, 0.2) is 6.20 Å². The van der Waals surface area contributed by atoms with Crippen LogP contribution in [0.1, 0.15) is 6.23 Å². The third-order valence-corrected chi connectivity index (χ3v) is 7.39. The Kier molecular flexibility index (Phi) is 14.1. The van der Waals surface area contributed by atoms with Crippen molar-refractivity contribution >= 4 is 28.5 Å². The molecule has 0 bridgehead atoms. The number of terminal acetylenes is 1. The van der Waals surface area contributed by atoms with Gasteiger partial charge in [0.1, 0.15) is 30.7 Å². The molecule has 240 valence electrons. The number of hydrogen-bond acceptors (Lipinski definition) is 14. The second-order valence-corrected chi connectivity index (χ2v) is 10.4. The van der Waals surface area contributed by atoms with Crippen LogP contribution in [0.25, 0.3) is 11.0 Å². The van der Waals surface area contributed by atoms with Gasteiger partial charge < -0.3 is 44.3 Å². The third-order valence-electron chi connectivity index (χ3n) is 7.22. The van der Waals surface area contributed by atoms with Gasteiger partial charge in [-0.3, -0.25) is 9.80 Å². The Morgan fingerprint density at radius 3 is 2.19 bits per heavy atom. The second kappa shape index (κ2) is 17.9. The van der Waals surface area contributed by atoms with Crippen LogP contribution in [0.3, 0.4) is 0 Å². The summed E-state index contributed by atoms with van der Waals surface area (Å²) in [6.45, 7) is 9.78. The number of halogens is 1. The topological polar surface area (TPSA) is 169 Å². The van der Waals surface area contributed by atoms with Crippen LogP contribution in [0.4, 0.5) is 5.82 Å². The van der Waals surface area contributed by atoms with Gasteiger partial charge in [-0.1, -0.05) is 5.92 Å². The van der Waals surface area contributed by atoms with E-state index in [0.29, 0.717) is 76.3 Å². The van der Waals surface area contributed by atoms with Gasteiger partial charge in [-0.15, -0.1) is 6.42 Å². The molecule has 2 aromatic rings. The van der Waals surface area contributed by atoms with Gasteiger partial charge in [-0.2, -0.15) is 15.1 Å². The first-order valence-electron chi connectivity index (χ1n) is 14.5. The number of piperazine rings is 1. The summed E-state index contributed by atoms with van der Waals surface area (Å²) in [5, 5.41) is 38.2. The van der Waals surface area contributed by atoms with Gasteiger partial charge in [0.25, 0.3) is 0 Å². The molecular formula is C27H42ClN7O8. The molecule has 4 heterocycles. The van der Waals surface area contributed by atoms with E-state index in [-0.39, 0.29) is 5.28 Å². The lowest BCUT2D eigenvalue weighted by atomic mass is 10.1. The van der Waals surface area contributed by atoms with Crippen molar-refractivity contribution in [2.45, 2.75) is 24.5 Å². The zero-order chi connectivity index (χ0) is 30.4. The molecule has 0 radical (unpaired) electrons. The molecule has 0 saturated carbocycles. The first-order chi connectivity index (χ1) is 21.0. The smallest absolute Gasteiger partial charge is 0.226 e. The fourth-order valence-corrected chi connectivity index (χ4v) is 5.02. The summed E-state index contributed by atoms with van der Waals surface area (Å²) in [6.07, 6.45) is 2.20. The second-order valence-electron chi connectivity index (χ2n) is 10.1. The van der Waals surface area contributed by atoms with Gasteiger partial charge in [0, 0.05) is 45.8 Å². The fourth-order valence-electron chi connectivity index (χ4n) is 4.86. The Morgan fingerprint density at radius 2 is 1.56 bits per heavy atom. The van der Waals surface area contributed by atoms with Crippen molar-refractivity contribution in [2.24, 2.45) is 0 Å². The van der Waals surface area contributed by atoms with E-state index in [1.165, 1.54) is 4.68 Å². The maximum absolute atomic E-state index is 10.4. The number of aromatic nitrogens is 4. The zero-order valence-electron chi connectivity index (χ0n) is 24.2. The van der Waals surface area contributed by atoms with E-state index < -0.39 is 31.1 Å². The van der Waals surface area contributed by atoms with Crippen LogP contribution in [-0.4, -0.2) is 168 Å². The van der Waals surface area contributed by atoms with Crippen molar-refractivity contribution in [1.29, 1.82) is 0 Å². The lowest BCUT2D eigenvalue weighted by Crippen LogP contribution is -2.48. The van der Waals surface area contributed by atoms with Crippen LogP contribution in [0, 0.1) is 12.3 Å². The van der Waals surface area contributed by atoms with E-state index >= 15 is 0 Å². The number of anilines is 1. The maximum Gasteiger partial charge on any atom is 0.226 e. The molecule has 4 N–H and O–H groups in total. The number of ether oxygens (including phenoxy) is 5. The molecular weight excluding hydrogens is 586 g/mol. The lowest BCUT2D eigenvalue weighted by molar-refractivity contribution is -0.0566. The molecule has 2 saturated heterocycles. The van der Waals surface area contributed by atoms with Gasteiger partial charge in [0.2, 0.25) is 5.28 Å². The molecule has 2 fully saturated rings. The van der Waals surface area contributed by atoms with Gasteiger partial charge in [0.15, 0.2) is 11.9 Å². The average Bonchev–Trinajstić information content (AvgIpc) is 3.55. The van der Waals surface area contributed by atoms with Crippen LogP contribution < -0.4 is 5.32 Å². The summed E-state index contributed by atoms with van der Waals surface area (Å²) in [5.74, 6) is 2.92. The average molecular weight is 628 g/mol. The highest BCUT2D eigenvalue weighted by Crippen LogP contribution is 2.32. The first kappa shape index (κ1) is 33.7. The van der Waals surface area contributed by atoms with E-state index in [2.05, 4.69) is 36.1 Å². The minimum Gasteiger partial charge on any atom is -0.394 e. The molecule has 2 aliphatic heterocycles. The molecule has 0 aromatic carbocycles. The van der Waals surface area contributed by atoms with E-state index in [4.69, 9.17) is 41.7 Å². The predicted molar refractivity (Wildman–Crippen MR) is 157 cm³/mol. The van der Waals surface area contributed by atoms with Crippen molar-refractivity contribution in [3.05, 3.63) is 11.5 Å². The normalized spacial score (nSPS) is 23.2. The predicted octanol–water partition coefficient (Wildman–Crippen LogP) is -1.18. The third kappa shape index (κ3) is 9.90. The molecule has 43 heavy (non-hydrogen) atoms. The van der Waals surface area contributed by atoms with Crippen molar-refractivity contribution in [1.82, 2.24) is 29.5 Å². The van der Waals surface area contributed by atoms with Crippen LogP contribution >= 0.6 is 11.6 Å². The quantitative estimate of drug-likeness (QED) is 0.0834. The molecule has 0 spiro atoms. The zero-order valence-corrected chi connectivity index (χ0v) is 25.0. The van der Waals surface area contributed by atoms with Crippen molar-refractivity contribution < 1.29 is 39.0 Å². The standard InChI is InChI=1S/C27H42ClN7O8/c1-2-10-39-12-14-41-16-17-42-15-13-40-11-9-34-7-5-33(6-8-34)4-3-29-24-20-18-30-35(25(20)32-27(28)31-24)26-23(38)22(37)21(19-36)43-26/h1,18,21-23,26,36-38H,3-17,19H2,(H,29,31,32)/t21-,22-,23-,26-/m1/s1. The Balaban J connectivity index is 1.08. The van der Waals surface area contributed by atoms with Gasteiger partial charge >= 0.3 is 0 Å².